The lowest BCUT2D eigenvalue weighted by Crippen LogP contribution is -2.08. The molecule has 16 heavy (non-hydrogen) atoms. The number of phenols is 1. The third-order valence-electron chi connectivity index (χ3n) is 2.15. The molecule has 0 radical (unpaired) electrons. The highest BCUT2D eigenvalue weighted by molar-refractivity contribution is 6.30. The maximum Gasteiger partial charge on any atom is 0.186 e. The van der Waals surface area contributed by atoms with Gasteiger partial charge >= 0.3 is 0 Å². The molecule has 0 bridgehead atoms. The molecular weight excluding hydrogens is 228 g/mol. The minimum atomic E-state index is -0.188. The molecule has 1 N–H and O–H groups in total. The molecule has 0 amide bonds. The van der Waals surface area contributed by atoms with Crippen LogP contribution in [0, 0.1) is 0 Å². The minimum absolute atomic E-state index is 0.0994. The van der Waals surface area contributed by atoms with E-state index in [1.54, 1.807) is 29.4 Å². The number of aromatic hydroxyl groups is 1. The van der Waals surface area contributed by atoms with E-state index < -0.39 is 0 Å². The van der Waals surface area contributed by atoms with Crippen molar-refractivity contribution in [3.63, 3.8) is 0 Å². The average Bonchev–Trinajstić information content (AvgIpc) is 2.70. The largest absolute Gasteiger partial charge is 0.507 e. The van der Waals surface area contributed by atoms with Crippen LogP contribution in [-0.4, -0.2) is 20.4 Å². The number of Topliss-reactive ketones (excluding diaryl/α,β-unsaturated/α-hetero) is 1. The molecule has 0 saturated carbocycles. The molecule has 0 unspecified atom stereocenters. The maximum absolute atomic E-state index is 11.8. The number of rotatable bonds is 3. The van der Waals surface area contributed by atoms with Crippen LogP contribution in [0.5, 0.6) is 5.75 Å². The SMILES string of the molecule is O=C(Cn1ccnc1)c1ccc(Cl)cc1O. The molecule has 1 aromatic heterocycles. The molecule has 82 valence electrons. The second-order valence-electron chi connectivity index (χ2n) is 3.32. The Bertz CT molecular complexity index is 509. The number of hydrogen-bond acceptors (Lipinski definition) is 3. The van der Waals surface area contributed by atoms with Crippen molar-refractivity contribution in [3.05, 3.63) is 47.5 Å². The summed E-state index contributed by atoms with van der Waals surface area (Å²) in [5.41, 5.74) is 0.262. The smallest absolute Gasteiger partial charge is 0.186 e. The molecule has 1 heterocycles. The maximum atomic E-state index is 11.8. The monoisotopic (exact) mass is 236 g/mol. The van der Waals surface area contributed by atoms with Gasteiger partial charge < -0.3 is 9.67 Å². The molecule has 0 spiro atoms. The van der Waals surface area contributed by atoms with Gasteiger partial charge in [0.15, 0.2) is 5.78 Å². The number of phenolic OH excluding ortho intramolecular Hbond substituents is 1. The van der Waals surface area contributed by atoms with E-state index in [1.807, 2.05) is 0 Å². The fourth-order valence-electron chi connectivity index (χ4n) is 1.37. The number of hydrogen-bond donors (Lipinski definition) is 1. The molecule has 2 rings (SSSR count). The van der Waals surface area contributed by atoms with E-state index in [0.717, 1.165) is 0 Å². The summed E-state index contributed by atoms with van der Waals surface area (Å²) < 4.78 is 1.64. The first kappa shape index (κ1) is 10.7. The number of benzene rings is 1. The molecule has 0 fully saturated rings. The Hall–Kier alpha value is -1.81. The fraction of sp³-hybridized carbons (Fsp3) is 0.0909. The second-order valence-corrected chi connectivity index (χ2v) is 3.76. The Balaban J connectivity index is 2.21. The standard InChI is InChI=1S/C11H9ClN2O2/c12-8-1-2-9(10(15)5-8)11(16)6-14-4-3-13-7-14/h1-5,7,15H,6H2. The van der Waals surface area contributed by atoms with Crippen LogP contribution in [0.3, 0.4) is 0 Å². The van der Waals surface area contributed by atoms with Gasteiger partial charge in [-0.1, -0.05) is 11.6 Å². The van der Waals surface area contributed by atoms with Gasteiger partial charge in [-0.15, -0.1) is 0 Å². The Morgan fingerprint density at radius 3 is 2.94 bits per heavy atom. The van der Waals surface area contributed by atoms with Gasteiger partial charge in [0, 0.05) is 17.4 Å². The van der Waals surface area contributed by atoms with Gasteiger partial charge in [0.1, 0.15) is 5.75 Å². The van der Waals surface area contributed by atoms with E-state index in [9.17, 15) is 9.90 Å². The Morgan fingerprint density at radius 1 is 1.50 bits per heavy atom. The lowest BCUT2D eigenvalue weighted by atomic mass is 10.1. The van der Waals surface area contributed by atoms with Gasteiger partial charge in [0.2, 0.25) is 0 Å². The molecule has 0 aliphatic carbocycles. The Kier molecular flexibility index (Phi) is 2.92. The molecule has 2 aromatic rings. The van der Waals surface area contributed by atoms with Crippen molar-refractivity contribution >= 4 is 17.4 Å². The molecule has 0 saturated heterocycles. The second kappa shape index (κ2) is 4.37. The first-order valence-corrected chi connectivity index (χ1v) is 5.02. The van der Waals surface area contributed by atoms with E-state index in [1.165, 1.54) is 12.1 Å². The van der Waals surface area contributed by atoms with Gasteiger partial charge in [-0.05, 0) is 18.2 Å². The first-order valence-electron chi connectivity index (χ1n) is 4.64. The zero-order chi connectivity index (χ0) is 11.5. The lowest BCUT2D eigenvalue weighted by molar-refractivity contribution is 0.0969. The van der Waals surface area contributed by atoms with Crippen molar-refractivity contribution in [2.75, 3.05) is 0 Å². The lowest BCUT2D eigenvalue weighted by Gasteiger charge is -2.04. The topological polar surface area (TPSA) is 55.1 Å². The fourth-order valence-corrected chi connectivity index (χ4v) is 1.54. The van der Waals surface area contributed by atoms with Crippen molar-refractivity contribution < 1.29 is 9.90 Å². The van der Waals surface area contributed by atoms with Crippen LogP contribution in [0.4, 0.5) is 0 Å². The van der Waals surface area contributed by atoms with E-state index in [-0.39, 0.29) is 23.6 Å². The van der Waals surface area contributed by atoms with Crippen LogP contribution >= 0.6 is 11.6 Å². The third kappa shape index (κ3) is 2.23. The molecule has 0 aliphatic rings. The summed E-state index contributed by atoms with van der Waals surface area (Å²) >= 11 is 5.68. The summed E-state index contributed by atoms with van der Waals surface area (Å²) in [6, 6.07) is 4.43. The number of carbonyl (C=O) groups excluding carboxylic acids is 1. The van der Waals surface area contributed by atoms with Crippen LogP contribution < -0.4 is 0 Å². The highest BCUT2D eigenvalue weighted by atomic mass is 35.5. The molecule has 5 heteroatoms. The predicted octanol–water partition coefficient (Wildman–Crippen LogP) is 2.13. The van der Waals surface area contributed by atoms with Crippen LogP contribution in [0.15, 0.2) is 36.9 Å². The molecular formula is C11H9ClN2O2. The number of aromatic nitrogens is 2. The van der Waals surface area contributed by atoms with Gasteiger partial charge in [0.25, 0.3) is 0 Å². The molecule has 1 aromatic carbocycles. The van der Waals surface area contributed by atoms with Crippen molar-refractivity contribution in [2.45, 2.75) is 6.54 Å². The Labute approximate surface area is 97.1 Å². The van der Waals surface area contributed by atoms with Gasteiger partial charge in [-0.25, -0.2) is 4.98 Å². The summed E-state index contributed by atoms with van der Waals surface area (Å²) in [6.45, 7) is 0.148. The average molecular weight is 237 g/mol. The van der Waals surface area contributed by atoms with Gasteiger partial charge in [0.05, 0.1) is 18.4 Å². The predicted molar refractivity (Wildman–Crippen MR) is 59.7 cm³/mol. The normalized spacial score (nSPS) is 10.3. The number of carbonyl (C=O) groups is 1. The summed E-state index contributed by atoms with van der Waals surface area (Å²) in [5, 5.41) is 9.96. The number of ketones is 1. The first-order chi connectivity index (χ1) is 7.66. The van der Waals surface area contributed by atoms with E-state index in [4.69, 9.17) is 11.6 Å². The third-order valence-corrected chi connectivity index (χ3v) is 2.38. The summed E-state index contributed by atoms with van der Waals surface area (Å²) in [4.78, 5) is 15.6. The van der Waals surface area contributed by atoms with Crippen molar-refractivity contribution in [3.8, 4) is 5.75 Å². The van der Waals surface area contributed by atoms with E-state index in [2.05, 4.69) is 4.98 Å². The van der Waals surface area contributed by atoms with Gasteiger partial charge in [-0.3, -0.25) is 4.79 Å². The van der Waals surface area contributed by atoms with Crippen LogP contribution in [-0.2, 0) is 6.54 Å². The molecule has 0 atom stereocenters. The Morgan fingerprint density at radius 2 is 2.31 bits per heavy atom. The van der Waals surface area contributed by atoms with Crippen LogP contribution in [0.2, 0.25) is 5.02 Å². The van der Waals surface area contributed by atoms with E-state index >= 15 is 0 Å². The number of halogens is 1. The highest BCUT2D eigenvalue weighted by Gasteiger charge is 2.11. The summed E-state index contributed by atoms with van der Waals surface area (Å²) in [5.74, 6) is -0.287. The molecule has 0 aliphatic heterocycles. The zero-order valence-corrected chi connectivity index (χ0v) is 9.05. The van der Waals surface area contributed by atoms with Crippen molar-refractivity contribution in [1.82, 2.24) is 9.55 Å². The van der Waals surface area contributed by atoms with Crippen molar-refractivity contribution in [2.24, 2.45) is 0 Å². The van der Waals surface area contributed by atoms with E-state index in [0.29, 0.717) is 5.02 Å². The zero-order valence-electron chi connectivity index (χ0n) is 8.30. The van der Waals surface area contributed by atoms with Gasteiger partial charge in [-0.2, -0.15) is 0 Å². The van der Waals surface area contributed by atoms with Crippen LogP contribution in [0.25, 0.3) is 0 Å². The minimum Gasteiger partial charge on any atom is -0.507 e. The highest BCUT2D eigenvalue weighted by Crippen LogP contribution is 2.22. The van der Waals surface area contributed by atoms with Crippen LogP contribution in [0.1, 0.15) is 10.4 Å². The molecule has 4 nitrogen and oxygen atoms in total. The van der Waals surface area contributed by atoms with Crippen molar-refractivity contribution in [1.29, 1.82) is 0 Å². The summed E-state index contributed by atoms with van der Waals surface area (Å²) in [6.07, 6.45) is 4.82. The summed E-state index contributed by atoms with van der Waals surface area (Å²) in [7, 11) is 0. The number of nitrogens with zero attached hydrogens (tertiary/aromatic N) is 2. The quantitative estimate of drug-likeness (QED) is 0.831. The number of imidazole rings is 1.